The molecule has 1 unspecified atom stereocenters. The third-order valence-electron chi connectivity index (χ3n) is 4.63. The van der Waals surface area contributed by atoms with Crippen molar-refractivity contribution in [3.05, 3.63) is 47.7 Å². The normalized spacial score (nSPS) is 21.8. The average Bonchev–Trinajstić information content (AvgIpc) is 2.57. The van der Waals surface area contributed by atoms with Gasteiger partial charge < -0.3 is 0 Å². The van der Waals surface area contributed by atoms with Crippen LogP contribution in [-0.4, -0.2) is 29.7 Å². The molecule has 1 aromatic rings. The largest absolute Gasteiger partial charge is 0.416 e. The van der Waals surface area contributed by atoms with Crippen molar-refractivity contribution in [3.8, 4) is 0 Å². The maximum atomic E-state index is 13.4. The predicted octanol–water partition coefficient (Wildman–Crippen LogP) is 3.65. The Hall–Kier alpha value is -2.29. The number of aliphatic imine (C=N–C) groups is 1. The van der Waals surface area contributed by atoms with Gasteiger partial charge in [0.2, 0.25) is 0 Å². The number of benzene rings is 1. The van der Waals surface area contributed by atoms with Crippen LogP contribution in [0.25, 0.3) is 0 Å². The monoisotopic (exact) mass is 373 g/mol. The Labute approximate surface area is 146 Å². The summed E-state index contributed by atoms with van der Waals surface area (Å²) in [4.78, 5) is 16.4. The van der Waals surface area contributed by atoms with Gasteiger partial charge in [0.15, 0.2) is 6.29 Å². The number of carbonyl (C=O) groups is 1. The van der Waals surface area contributed by atoms with Gasteiger partial charge in [-0.05, 0) is 37.0 Å². The standard InChI is InChI=1S/C17H16F5N3O/c18-13(19)14(26)25-10-4-9-23-15(25)24-16(7-3-8-16)11-5-1-2-6-12(11)17(20,21)22/h1-2,4-6,9-10,13,15,24H,3,7-8H2. The first-order valence-electron chi connectivity index (χ1n) is 7.99. The molecule has 9 heteroatoms. The molecule has 2 aliphatic rings. The summed E-state index contributed by atoms with van der Waals surface area (Å²) in [5.74, 6) is -1.46. The molecule has 0 spiro atoms. The van der Waals surface area contributed by atoms with E-state index in [9.17, 15) is 26.7 Å². The molecule has 1 saturated carbocycles. The summed E-state index contributed by atoms with van der Waals surface area (Å²) in [5.41, 5.74) is -1.83. The van der Waals surface area contributed by atoms with Gasteiger partial charge >= 0.3 is 12.6 Å². The van der Waals surface area contributed by atoms with Crippen molar-refractivity contribution in [1.82, 2.24) is 10.2 Å². The Kier molecular flexibility index (Phi) is 4.83. The molecular weight excluding hydrogens is 357 g/mol. The van der Waals surface area contributed by atoms with Crippen molar-refractivity contribution < 1.29 is 26.7 Å². The Bertz CT molecular complexity index is 740. The Morgan fingerprint density at radius 3 is 2.54 bits per heavy atom. The number of nitrogens with one attached hydrogen (secondary N) is 1. The maximum Gasteiger partial charge on any atom is 0.416 e. The van der Waals surface area contributed by atoms with E-state index in [0.29, 0.717) is 24.2 Å². The second kappa shape index (κ2) is 6.79. The smallest absolute Gasteiger partial charge is 0.278 e. The number of allylic oxidation sites excluding steroid dienone is 1. The van der Waals surface area contributed by atoms with Crippen LogP contribution in [0.5, 0.6) is 0 Å². The van der Waals surface area contributed by atoms with Gasteiger partial charge in [0, 0.05) is 18.0 Å². The number of nitrogens with zero attached hydrogens (tertiary/aromatic N) is 2. The minimum absolute atomic E-state index is 0.0351. The topological polar surface area (TPSA) is 44.7 Å². The summed E-state index contributed by atoms with van der Waals surface area (Å²) in [7, 11) is 0. The summed E-state index contributed by atoms with van der Waals surface area (Å²) in [6.07, 6.45) is -3.77. The van der Waals surface area contributed by atoms with Gasteiger partial charge in [-0.1, -0.05) is 18.2 Å². The van der Waals surface area contributed by atoms with Crippen molar-refractivity contribution in [1.29, 1.82) is 0 Å². The van der Waals surface area contributed by atoms with E-state index < -0.39 is 35.9 Å². The highest BCUT2D eigenvalue weighted by molar-refractivity contribution is 5.83. The molecule has 1 N–H and O–H groups in total. The van der Waals surface area contributed by atoms with E-state index in [4.69, 9.17) is 0 Å². The average molecular weight is 373 g/mol. The van der Waals surface area contributed by atoms with Gasteiger partial charge in [0.05, 0.1) is 5.56 Å². The van der Waals surface area contributed by atoms with Crippen LogP contribution in [0.2, 0.25) is 0 Å². The lowest BCUT2D eigenvalue weighted by Crippen LogP contribution is -2.58. The molecule has 3 rings (SSSR count). The summed E-state index contributed by atoms with van der Waals surface area (Å²) in [5, 5.41) is 2.91. The van der Waals surface area contributed by atoms with E-state index >= 15 is 0 Å². The number of rotatable bonds is 4. The minimum Gasteiger partial charge on any atom is -0.278 e. The molecule has 1 heterocycles. The first kappa shape index (κ1) is 18.5. The van der Waals surface area contributed by atoms with Gasteiger partial charge in [-0.25, -0.2) is 0 Å². The zero-order valence-corrected chi connectivity index (χ0v) is 13.5. The molecule has 0 aromatic heterocycles. The summed E-state index contributed by atoms with van der Waals surface area (Å²) in [6.45, 7) is 0. The molecule has 4 nitrogen and oxygen atoms in total. The lowest BCUT2D eigenvalue weighted by atomic mass is 9.70. The number of carbonyl (C=O) groups excluding carboxylic acids is 1. The number of halogens is 5. The molecule has 0 radical (unpaired) electrons. The summed E-state index contributed by atoms with van der Waals surface area (Å²) >= 11 is 0. The highest BCUT2D eigenvalue weighted by Crippen LogP contribution is 2.46. The number of alkyl halides is 5. The molecule has 140 valence electrons. The zero-order chi connectivity index (χ0) is 18.9. The highest BCUT2D eigenvalue weighted by Gasteiger charge is 2.47. The minimum atomic E-state index is -4.55. The van der Waals surface area contributed by atoms with Crippen LogP contribution < -0.4 is 5.32 Å². The Balaban J connectivity index is 1.94. The van der Waals surface area contributed by atoms with Gasteiger partial charge in [0.1, 0.15) is 0 Å². The van der Waals surface area contributed by atoms with E-state index in [0.717, 1.165) is 12.3 Å². The Morgan fingerprint density at radius 2 is 1.96 bits per heavy atom. The third-order valence-corrected chi connectivity index (χ3v) is 4.63. The molecule has 1 aromatic carbocycles. The second-order valence-electron chi connectivity index (χ2n) is 6.18. The van der Waals surface area contributed by atoms with Crippen molar-refractivity contribution in [2.24, 2.45) is 4.99 Å². The lowest BCUT2D eigenvalue weighted by Gasteiger charge is -2.47. The second-order valence-corrected chi connectivity index (χ2v) is 6.18. The number of hydrogen-bond donors (Lipinski definition) is 1. The molecule has 1 fully saturated rings. The van der Waals surface area contributed by atoms with Gasteiger partial charge in [-0.2, -0.15) is 22.0 Å². The van der Waals surface area contributed by atoms with Crippen molar-refractivity contribution in [3.63, 3.8) is 0 Å². The fraction of sp³-hybridized carbons (Fsp3) is 0.412. The molecule has 1 amide bonds. The van der Waals surface area contributed by atoms with Crippen LogP contribution in [0.15, 0.2) is 41.5 Å². The van der Waals surface area contributed by atoms with Crippen molar-refractivity contribution >= 4 is 12.1 Å². The molecule has 1 aliphatic carbocycles. The fourth-order valence-electron chi connectivity index (χ4n) is 3.25. The van der Waals surface area contributed by atoms with Crippen LogP contribution >= 0.6 is 0 Å². The Morgan fingerprint density at radius 1 is 1.27 bits per heavy atom. The van der Waals surface area contributed by atoms with Crippen LogP contribution in [0.3, 0.4) is 0 Å². The third kappa shape index (κ3) is 3.35. The van der Waals surface area contributed by atoms with E-state index in [-0.39, 0.29) is 5.56 Å². The van der Waals surface area contributed by atoms with Crippen molar-refractivity contribution in [2.75, 3.05) is 0 Å². The van der Waals surface area contributed by atoms with E-state index in [1.807, 2.05) is 0 Å². The first-order chi connectivity index (χ1) is 12.2. The van der Waals surface area contributed by atoms with Crippen LogP contribution in [0.4, 0.5) is 22.0 Å². The van der Waals surface area contributed by atoms with E-state index in [1.165, 1.54) is 30.5 Å². The van der Waals surface area contributed by atoms with Gasteiger partial charge in [-0.3, -0.25) is 20.0 Å². The molecule has 1 aliphatic heterocycles. The lowest BCUT2D eigenvalue weighted by molar-refractivity contribution is -0.144. The van der Waals surface area contributed by atoms with Gasteiger partial charge in [-0.15, -0.1) is 0 Å². The van der Waals surface area contributed by atoms with E-state index in [2.05, 4.69) is 10.3 Å². The van der Waals surface area contributed by atoms with E-state index in [1.54, 1.807) is 0 Å². The summed E-state index contributed by atoms with van der Waals surface area (Å²) < 4.78 is 65.8. The molecule has 0 saturated heterocycles. The quantitative estimate of drug-likeness (QED) is 0.819. The first-order valence-corrected chi connectivity index (χ1v) is 7.99. The molecule has 1 atom stereocenters. The SMILES string of the molecule is O=C(C(F)F)N1C=CC=NC1NC1(c2ccccc2C(F)(F)F)CCC1. The van der Waals surface area contributed by atoms with Crippen LogP contribution in [-0.2, 0) is 16.5 Å². The molecule has 26 heavy (non-hydrogen) atoms. The fourth-order valence-corrected chi connectivity index (χ4v) is 3.25. The number of amides is 1. The van der Waals surface area contributed by atoms with Gasteiger partial charge in [0.25, 0.3) is 5.91 Å². The molecule has 0 bridgehead atoms. The predicted molar refractivity (Wildman–Crippen MR) is 84.4 cm³/mol. The van der Waals surface area contributed by atoms with Crippen LogP contribution in [0, 0.1) is 0 Å². The number of hydrogen-bond acceptors (Lipinski definition) is 3. The molecular formula is C17H16F5N3O. The highest BCUT2D eigenvalue weighted by atomic mass is 19.4. The maximum absolute atomic E-state index is 13.4. The van der Waals surface area contributed by atoms with Crippen molar-refractivity contribution in [2.45, 2.75) is 43.7 Å². The van der Waals surface area contributed by atoms with Crippen LogP contribution in [0.1, 0.15) is 30.4 Å². The summed E-state index contributed by atoms with van der Waals surface area (Å²) in [6, 6.07) is 5.16. The zero-order valence-electron chi connectivity index (χ0n) is 13.5.